The van der Waals surface area contributed by atoms with E-state index in [1.54, 1.807) is 6.92 Å². The van der Waals surface area contributed by atoms with Crippen molar-refractivity contribution in [2.45, 2.75) is 26.0 Å². The van der Waals surface area contributed by atoms with Crippen LogP contribution in [-0.4, -0.2) is 16.1 Å². The lowest BCUT2D eigenvalue weighted by Gasteiger charge is -2.15. The monoisotopic (exact) mass is 216 g/mol. The number of pyridine rings is 1. The zero-order valence-electron chi connectivity index (χ0n) is 9.51. The minimum absolute atomic E-state index is 0.268. The third-order valence-electron chi connectivity index (χ3n) is 2.69. The van der Waals surface area contributed by atoms with Gasteiger partial charge in [-0.05, 0) is 37.6 Å². The Morgan fingerprint density at radius 3 is 2.69 bits per heavy atom. The summed E-state index contributed by atoms with van der Waals surface area (Å²) in [6.45, 7) is 3.76. The van der Waals surface area contributed by atoms with E-state index < -0.39 is 6.10 Å². The predicted octanol–water partition coefficient (Wildman–Crippen LogP) is 1.92. The molecule has 0 aliphatic heterocycles. The fourth-order valence-corrected chi connectivity index (χ4v) is 1.73. The van der Waals surface area contributed by atoms with E-state index in [1.807, 2.05) is 37.3 Å². The summed E-state index contributed by atoms with van der Waals surface area (Å²) >= 11 is 0. The number of aliphatic hydroxyl groups excluding tert-OH is 1. The molecule has 3 N–H and O–H groups in total. The Kier molecular flexibility index (Phi) is 2.90. The molecule has 84 valence electrons. The second kappa shape index (κ2) is 4.20. The Bertz CT molecular complexity index is 508. The zero-order valence-corrected chi connectivity index (χ0v) is 9.51. The molecule has 0 aliphatic carbocycles. The minimum Gasteiger partial charge on any atom is -0.387 e. The second-order valence-electron chi connectivity index (χ2n) is 4.21. The molecule has 3 heteroatoms. The van der Waals surface area contributed by atoms with Crippen molar-refractivity contribution in [2.75, 3.05) is 0 Å². The van der Waals surface area contributed by atoms with Crippen LogP contribution in [0.1, 0.15) is 24.3 Å². The third-order valence-corrected chi connectivity index (χ3v) is 2.69. The molecular weight excluding hydrogens is 200 g/mol. The molecule has 1 aromatic heterocycles. The standard InChI is InChI=1S/C13H16N2O/c1-8-3-4-10-7-11(13(16)9(2)14)5-6-12(10)15-8/h3-7,9,13,16H,14H2,1-2H3. The first kappa shape index (κ1) is 11.0. The molecule has 16 heavy (non-hydrogen) atoms. The first-order chi connectivity index (χ1) is 7.58. The number of aryl methyl sites for hydroxylation is 1. The maximum Gasteiger partial charge on any atom is 0.0938 e. The van der Waals surface area contributed by atoms with Crippen molar-refractivity contribution in [3.8, 4) is 0 Å². The molecule has 0 saturated carbocycles. The lowest BCUT2D eigenvalue weighted by atomic mass is 10.0. The lowest BCUT2D eigenvalue weighted by molar-refractivity contribution is 0.153. The van der Waals surface area contributed by atoms with E-state index in [-0.39, 0.29) is 6.04 Å². The number of aliphatic hydroxyl groups is 1. The number of nitrogens with two attached hydrogens (primary N) is 1. The summed E-state index contributed by atoms with van der Waals surface area (Å²) in [5.41, 5.74) is 8.45. The largest absolute Gasteiger partial charge is 0.387 e. The van der Waals surface area contributed by atoms with Gasteiger partial charge in [-0.3, -0.25) is 4.98 Å². The van der Waals surface area contributed by atoms with Crippen LogP contribution in [0.3, 0.4) is 0 Å². The minimum atomic E-state index is -0.620. The van der Waals surface area contributed by atoms with E-state index in [2.05, 4.69) is 4.98 Å². The van der Waals surface area contributed by atoms with E-state index in [1.165, 1.54) is 0 Å². The number of fused-ring (bicyclic) bond motifs is 1. The van der Waals surface area contributed by atoms with Crippen molar-refractivity contribution in [3.63, 3.8) is 0 Å². The Morgan fingerprint density at radius 2 is 2.00 bits per heavy atom. The molecule has 0 bridgehead atoms. The number of nitrogens with zero attached hydrogens (tertiary/aromatic N) is 1. The van der Waals surface area contributed by atoms with Gasteiger partial charge in [0.05, 0.1) is 11.6 Å². The number of hydrogen-bond donors (Lipinski definition) is 2. The first-order valence-corrected chi connectivity index (χ1v) is 5.39. The summed E-state index contributed by atoms with van der Waals surface area (Å²) in [4.78, 5) is 4.41. The average molecular weight is 216 g/mol. The topological polar surface area (TPSA) is 59.1 Å². The van der Waals surface area contributed by atoms with Gasteiger partial charge in [0, 0.05) is 17.1 Å². The van der Waals surface area contributed by atoms with Gasteiger partial charge in [-0.2, -0.15) is 0 Å². The van der Waals surface area contributed by atoms with Crippen LogP contribution in [0.5, 0.6) is 0 Å². The van der Waals surface area contributed by atoms with Crippen LogP contribution in [0, 0.1) is 6.92 Å². The van der Waals surface area contributed by atoms with Gasteiger partial charge in [0.2, 0.25) is 0 Å². The van der Waals surface area contributed by atoms with Crippen LogP contribution < -0.4 is 5.73 Å². The predicted molar refractivity (Wildman–Crippen MR) is 65.1 cm³/mol. The van der Waals surface area contributed by atoms with Crippen LogP contribution >= 0.6 is 0 Å². The molecule has 0 spiro atoms. The van der Waals surface area contributed by atoms with Gasteiger partial charge in [-0.25, -0.2) is 0 Å². The van der Waals surface area contributed by atoms with Gasteiger partial charge in [0.25, 0.3) is 0 Å². The Morgan fingerprint density at radius 1 is 1.25 bits per heavy atom. The normalized spacial score (nSPS) is 15.0. The highest BCUT2D eigenvalue weighted by atomic mass is 16.3. The first-order valence-electron chi connectivity index (χ1n) is 5.39. The second-order valence-corrected chi connectivity index (χ2v) is 4.21. The molecule has 2 rings (SSSR count). The Balaban J connectivity index is 2.48. The van der Waals surface area contributed by atoms with Gasteiger partial charge in [0.15, 0.2) is 0 Å². The molecule has 1 aromatic carbocycles. The highest BCUT2D eigenvalue weighted by molar-refractivity contribution is 5.79. The van der Waals surface area contributed by atoms with Crippen molar-refractivity contribution in [2.24, 2.45) is 5.73 Å². The summed E-state index contributed by atoms with van der Waals surface area (Å²) in [5.74, 6) is 0. The van der Waals surface area contributed by atoms with Crippen molar-refractivity contribution < 1.29 is 5.11 Å². The molecule has 0 saturated heterocycles. The summed E-state index contributed by atoms with van der Waals surface area (Å²) in [7, 11) is 0. The van der Waals surface area contributed by atoms with Gasteiger partial charge in [-0.1, -0.05) is 12.1 Å². The number of hydrogen-bond acceptors (Lipinski definition) is 3. The summed E-state index contributed by atoms with van der Waals surface area (Å²) in [6.07, 6.45) is -0.620. The van der Waals surface area contributed by atoms with Gasteiger partial charge < -0.3 is 10.8 Å². The fourth-order valence-electron chi connectivity index (χ4n) is 1.73. The quantitative estimate of drug-likeness (QED) is 0.806. The molecule has 0 aliphatic rings. The maximum atomic E-state index is 9.87. The molecular formula is C13H16N2O. The average Bonchev–Trinajstić information content (AvgIpc) is 2.27. The molecule has 2 atom stereocenters. The van der Waals surface area contributed by atoms with Crippen molar-refractivity contribution in [1.82, 2.24) is 4.98 Å². The van der Waals surface area contributed by atoms with Gasteiger partial charge >= 0.3 is 0 Å². The van der Waals surface area contributed by atoms with Crippen LogP contribution in [-0.2, 0) is 0 Å². The van der Waals surface area contributed by atoms with Crippen LogP contribution in [0.15, 0.2) is 30.3 Å². The fraction of sp³-hybridized carbons (Fsp3) is 0.308. The summed E-state index contributed by atoms with van der Waals surface area (Å²) in [6, 6.07) is 9.44. The van der Waals surface area contributed by atoms with E-state index in [4.69, 9.17) is 5.73 Å². The SMILES string of the molecule is Cc1ccc2cc(C(O)C(C)N)ccc2n1. The van der Waals surface area contributed by atoms with Crippen molar-refractivity contribution >= 4 is 10.9 Å². The third kappa shape index (κ3) is 2.05. The van der Waals surface area contributed by atoms with Gasteiger partial charge in [-0.15, -0.1) is 0 Å². The van der Waals surface area contributed by atoms with E-state index in [0.29, 0.717) is 0 Å². The molecule has 3 nitrogen and oxygen atoms in total. The lowest BCUT2D eigenvalue weighted by Crippen LogP contribution is -2.24. The Hall–Kier alpha value is -1.45. The molecule has 0 fully saturated rings. The van der Waals surface area contributed by atoms with E-state index in [0.717, 1.165) is 22.2 Å². The van der Waals surface area contributed by atoms with Crippen LogP contribution in [0.4, 0.5) is 0 Å². The molecule has 0 radical (unpaired) electrons. The highest BCUT2D eigenvalue weighted by Crippen LogP contribution is 2.21. The Labute approximate surface area is 94.9 Å². The highest BCUT2D eigenvalue weighted by Gasteiger charge is 2.12. The van der Waals surface area contributed by atoms with Crippen LogP contribution in [0.2, 0.25) is 0 Å². The number of benzene rings is 1. The molecule has 1 heterocycles. The van der Waals surface area contributed by atoms with Gasteiger partial charge in [0.1, 0.15) is 0 Å². The molecule has 2 aromatic rings. The smallest absolute Gasteiger partial charge is 0.0938 e. The van der Waals surface area contributed by atoms with Crippen molar-refractivity contribution in [3.05, 3.63) is 41.6 Å². The number of rotatable bonds is 2. The maximum absolute atomic E-state index is 9.87. The number of aromatic nitrogens is 1. The van der Waals surface area contributed by atoms with Crippen molar-refractivity contribution in [1.29, 1.82) is 0 Å². The molecule has 0 amide bonds. The van der Waals surface area contributed by atoms with Crippen LogP contribution in [0.25, 0.3) is 10.9 Å². The summed E-state index contributed by atoms with van der Waals surface area (Å²) < 4.78 is 0. The molecule has 2 unspecified atom stereocenters. The summed E-state index contributed by atoms with van der Waals surface area (Å²) in [5, 5.41) is 10.9. The van der Waals surface area contributed by atoms with E-state index in [9.17, 15) is 5.11 Å². The zero-order chi connectivity index (χ0) is 11.7. The van der Waals surface area contributed by atoms with E-state index >= 15 is 0 Å².